The molecule has 0 heterocycles. The maximum absolute atomic E-state index is 5.56. The van der Waals surface area contributed by atoms with E-state index < -0.39 is 0 Å². The molecule has 0 rings (SSSR count). The molecule has 0 radical (unpaired) electrons. The normalized spacial score (nSPS) is 14.8. The molecule has 0 amide bonds. The van der Waals surface area contributed by atoms with Crippen molar-refractivity contribution >= 4 is 0 Å². The van der Waals surface area contributed by atoms with Crippen LogP contribution in [-0.2, 0) is 9.47 Å². The van der Waals surface area contributed by atoms with Crippen molar-refractivity contribution in [3.8, 4) is 0 Å². The summed E-state index contributed by atoms with van der Waals surface area (Å²) >= 11 is 0. The van der Waals surface area contributed by atoms with Gasteiger partial charge in [-0.25, -0.2) is 0 Å². The van der Waals surface area contributed by atoms with Crippen molar-refractivity contribution in [3.05, 3.63) is 0 Å². The molecule has 0 N–H and O–H groups in total. The van der Waals surface area contributed by atoms with E-state index in [9.17, 15) is 0 Å². The number of methoxy groups -OCH3 is 2. The predicted octanol–water partition coefficient (Wildman–Crippen LogP) is 4.57. The van der Waals surface area contributed by atoms with Gasteiger partial charge in [-0.2, -0.15) is 0 Å². The van der Waals surface area contributed by atoms with Crippen LogP contribution in [0.2, 0.25) is 0 Å². The Morgan fingerprint density at radius 1 is 0.706 bits per heavy atom. The van der Waals surface area contributed by atoms with Gasteiger partial charge in [0, 0.05) is 14.2 Å². The summed E-state index contributed by atoms with van der Waals surface area (Å²) in [6.07, 6.45) is 11.9. The average Bonchev–Trinajstić information content (AvgIpc) is 2.37. The van der Waals surface area contributed by atoms with E-state index in [1.807, 2.05) is 14.2 Å². The second-order valence-electron chi connectivity index (χ2n) is 4.94. The predicted molar refractivity (Wildman–Crippen MR) is 74.5 cm³/mol. The van der Waals surface area contributed by atoms with E-state index >= 15 is 0 Å². The van der Waals surface area contributed by atoms with Gasteiger partial charge in [0.1, 0.15) is 0 Å². The summed E-state index contributed by atoms with van der Waals surface area (Å²) in [6.45, 7) is 4.48. The fourth-order valence-electron chi connectivity index (χ4n) is 2.19. The molecular formula is C15H32O2. The third kappa shape index (κ3) is 9.61. The second-order valence-corrected chi connectivity index (χ2v) is 4.94. The highest BCUT2D eigenvalue weighted by Gasteiger charge is 2.15. The first-order valence-electron chi connectivity index (χ1n) is 7.34. The van der Waals surface area contributed by atoms with E-state index in [-0.39, 0.29) is 0 Å². The molecule has 0 aromatic heterocycles. The smallest absolute Gasteiger partial charge is 0.0596 e. The van der Waals surface area contributed by atoms with Crippen LogP contribution in [0.5, 0.6) is 0 Å². The Labute approximate surface area is 108 Å². The van der Waals surface area contributed by atoms with Crippen LogP contribution in [0, 0.1) is 0 Å². The quantitative estimate of drug-likeness (QED) is 0.468. The summed E-state index contributed by atoms with van der Waals surface area (Å²) < 4.78 is 11.1. The van der Waals surface area contributed by atoms with Gasteiger partial charge in [-0.05, 0) is 19.3 Å². The van der Waals surface area contributed by atoms with Gasteiger partial charge in [-0.15, -0.1) is 0 Å². The van der Waals surface area contributed by atoms with Crippen LogP contribution < -0.4 is 0 Å². The van der Waals surface area contributed by atoms with Gasteiger partial charge < -0.3 is 9.47 Å². The van der Waals surface area contributed by atoms with E-state index in [1.54, 1.807) is 0 Å². The van der Waals surface area contributed by atoms with Crippen LogP contribution in [0.4, 0.5) is 0 Å². The molecule has 0 aliphatic rings. The molecule has 2 nitrogen and oxygen atoms in total. The van der Waals surface area contributed by atoms with E-state index in [4.69, 9.17) is 9.47 Å². The Morgan fingerprint density at radius 3 is 1.71 bits per heavy atom. The molecule has 104 valence electrons. The van der Waals surface area contributed by atoms with Crippen LogP contribution in [0.15, 0.2) is 0 Å². The van der Waals surface area contributed by atoms with Crippen LogP contribution in [0.3, 0.4) is 0 Å². The average molecular weight is 244 g/mol. The van der Waals surface area contributed by atoms with Gasteiger partial charge in [0.25, 0.3) is 0 Å². The Balaban J connectivity index is 3.74. The van der Waals surface area contributed by atoms with Crippen molar-refractivity contribution in [2.45, 2.75) is 83.8 Å². The van der Waals surface area contributed by atoms with Crippen molar-refractivity contribution < 1.29 is 9.47 Å². The van der Waals surface area contributed by atoms with Crippen LogP contribution in [-0.4, -0.2) is 26.4 Å². The Bertz CT molecular complexity index is 148. The fraction of sp³-hybridized carbons (Fsp3) is 1.00. The number of unbranched alkanes of at least 4 members (excludes halogenated alkanes) is 4. The van der Waals surface area contributed by atoms with Gasteiger partial charge in [-0.3, -0.25) is 0 Å². The second kappa shape index (κ2) is 12.4. The van der Waals surface area contributed by atoms with E-state index in [2.05, 4.69) is 13.8 Å². The van der Waals surface area contributed by atoms with Crippen LogP contribution in [0.25, 0.3) is 0 Å². The molecule has 0 aliphatic heterocycles. The summed E-state index contributed by atoms with van der Waals surface area (Å²) in [4.78, 5) is 0. The minimum atomic E-state index is 0.381. The zero-order valence-electron chi connectivity index (χ0n) is 12.3. The summed E-state index contributed by atoms with van der Waals surface area (Å²) in [6, 6.07) is 0. The summed E-state index contributed by atoms with van der Waals surface area (Å²) in [5.41, 5.74) is 0. The zero-order chi connectivity index (χ0) is 12.9. The standard InChI is InChI=1S/C15H32O2/c1-5-7-9-10-12-15(17-4)13-14(16-3)11-8-6-2/h14-15H,5-13H2,1-4H3/t14-,15+/m1/s1. The monoisotopic (exact) mass is 244 g/mol. The molecule has 0 fully saturated rings. The lowest BCUT2D eigenvalue weighted by Gasteiger charge is -2.21. The lowest BCUT2D eigenvalue weighted by atomic mass is 10.0. The first-order valence-corrected chi connectivity index (χ1v) is 7.34. The van der Waals surface area contributed by atoms with Gasteiger partial charge in [-0.1, -0.05) is 52.4 Å². The van der Waals surface area contributed by atoms with Crippen LogP contribution >= 0.6 is 0 Å². The SMILES string of the molecule is CCCCCC[C@@H](C[C@@H](CCCC)OC)OC. The minimum absolute atomic E-state index is 0.381. The van der Waals surface area contributed by atoms with Gasteiger partial charge >= 0.3 is 0 Å². The molecule has 17 heavy (non-hydrogen) atoms. The molecule has 0 saturated heterocycles. The number of rotatable bonds is 12. The molecule has 0 aromatic rings. The van der Waals surface area contributed by atoms with Crippen LogP contribution in [0.1, 0.15) is 71.6 Å². The van der Waals surface area contributed by atoms with Crippen molar-refractivity contribution in [2.75, 3.05) is 14.2 Å². The van der Waals surface area contributed by atoms with Gasteiger partial charge in [0.05, 0.1) is 12.2 Å². The first kappa shape index (κ1) is 16.9. The maximum Gasteiger partial charge on any atom is 0.0596 e. The topological polar surface area (TPSA) is 18.5 Å². The third-order valence-electron chi connectivity index (χ3n) is 3.45. The van der Waals surface area contributed by atoms with Gasteiger partial charge in [0.2, 0.25) is 0 Å². The summed E-state index contributed by atoms with van der Waals surface area (Å²) in [7, 11) is 3.65. The molecular weight excluding hydrogens is 212 g/mol. The Kier molecular flexibility index (Phi) is 12.3. The van der Waals surface area contributed by atoms with Gasteiger partial charge in [0.15, 0.2) is 0 Å². The third-order valence-corrected chi connectivity index (χ3v) is 3.45. The van der Waals surface area contributed by atoms with E-state index in [0.717, 1.165) is 6.42 Å². The Hall–Kier alpha value is -0.0800. The first-order chi connectivity index (χ1) is 8.28. The van der Waals surface area contributed by atoms with Crippen molar-refractivity contribution in [1.82, 2.24) is 0 Å². The highest BCUT2D eigenvalue weighted by molar-refractivity contribution is 4.66. The number of ether oxygens (including phenoxy) is 2. The minimum Gasteiger partial charge on any atom is -0.381 e. The Morgan fingerprint density at radius 2 is 1.24 bits per heavy atom. The highest BCUT2D eigenvalue weighted by atomic mass is 16.5. The molecule has 0 aliphatic carbocycles. The van der Waals surface area contributed by atoms with Crippen molar-refractivity contribution in [3.63, 3.8) is 0 Å². The van der Waals surface area contributed by atoms with Crippen molar-refractivity contribution in [1.29, 1.82) is 0 Å². The molecule has 0 saturated carbocycles. The van der Waals surface area contributed by atoms with Crippen molar-refractivity contribution in [2.24, 2.45) is 0 Å². The molecule has 0 unspecified atom stereocenters. The number of hydrogen-bond acceptors (Lipinski definition) is 2. The molecule has 2 heteroatoms. The largest absolute Gasteiger partial charge is 0.381 e. The molecule has 0 aromatic carbocycles. The number of hydrogen-bond donors (Lipinski definition) is 0. The zero-order valence-corrected chi connectivity index (χ0v) is 12.3. The highest BCUT2D eigenvalue weighted by Crippen LogP contribution is 2.17. The fourth-order valence-corrected chi connectivity index (χ4v) is 2.19. The van der Waals surface area contributed by atoms with E-state index in [0.29, 0.717) is 12.2 Å². The molecule has 0 bridgehead atoms. The van der Waals surface area contributed by atoms with E-state index in [1.165, 1.54) is 51.4 Å². The lowest BCUT2D eigenvalue weighted by Crippen LogP contribution is -2.21. The molecule has 0 spiro atoms. The summed E-state index contributed by atoms with van der Waals surface area (Å²) in [5, 5.41) is 0. The maximum atomic E-state index is 5.56. The summed E-state index contributed by atoms with van der Waals surface area (Å²) in [5.74, 6) is 0. The lowest BCUT2D eigenvalue weighted by molar-refractivity contribution is 0.0135. The molecule has 2 atom stereocenters.